The number of halogens is 1. The molecule has 142 valence electrons. The molecule has 0 radical (unpaired) electrons. The molecule has 1 amide bonds. The highest BCUT2D eigenvalue weighted by molar-refractivity contribution is 7.09. The Hall–Kier alpha value is -1.64. The van der Waals surface area contributed by atoms with Crippen LogP contribution in [0, 0.1) is 5.92 Å². The molecule has 2 aromatic rings. The number of methoxy groups -OCH3 is 1. The van der Waals surface area contributed by atoms with Gasteiger partial charge in [0.05, 0.1) is 17.7 Å². The summed E-state index contributed by atoms with van der Waals surface area (Å²) in [4.78, 5) is 19.4. The van der Waals surface area contributed by atoms with Gasteiger partial charge in [0.2, 0.25) is 5.13 Å². The molecule has 2 atom stereocenters. The summed E-state index contributed by atoms with van der Waals surface area (Å²) >= 11 is 7.44. The summed E-state index contributed by atoms with van der Waals surface area (Å²) < 4.78 is 11.3. The summed E-state index contributed by atoms with van der Waals surface area (Å²) in [7, 11) is 1.67. The van der Waals surface area contributed by atoms with Gasteiger partial charge >= 0.3 is 0 Å². The molecule has 0 aromatic carbocycles. The largest absolute Gasteiger partial charge is 0.384 e. The van der Waals surface area contributed by atoms with Crippen LogP contribution in [-0.4, -0.2) is 52.7 Å². The normalized spacial score (nSPS) is 19.9. The summed E-state index contributed by atoms with van der Waals surface area (Å²) in [6, 6.07) is 1.78. The fourth-order valence-corrected chi connectivity index (χ4v) is 4.10. The minimum absolute atomic E-state index is 0.0628. The SMILES string of the molecule is CCn1cc(Cl)cc1C(=O)NC1CN(c2nc(CCOC)ns2)CC1C. The van der Waals surface area contributed by atoms with Crippen LogP contribution in [0.2, 0.25) is 5.02 Å². The molecule has 1 fully saturated rings. The maximum atomic E-state index is 12.7. The molecule has 3 rings (SSSR count). The van der Waals surface area contributed by atoms with E-state index in [1.807, 2.05) is 11.5 Å². The first-order chi connectivity index (χ1) is 12.5. The van der Waals surface area contributed by atoms with Crippen LogP contribution in [0.3, 0.4) is 0 Å². The smallest absolute Gasteiger partial charge is 0.268 e. The molecule has 2 aromatic heterocycles. The zero-order valence-corrected chi connectivity index (χ0v) is 16.8. The lowest BCUT2D eigenvalue weighted by atomic mass is 10.1. The molecule has 26 heavy (non-hydrogen) atoms. The fourth-order valence-electron chi connectivity index (χ4n) is 3.15. The molecule has 0 saturated carbocycles. The Morgan fingerprint density at radius 2 is 2.31 bits per heavy atom. The van der Waals surface area contributed by atoms with Gasteiger partial charge in [0, 0.05) is 50.9 Å². The van der Waals surface area contributed by atoms with Gasteiger partial charge in [0.15, 0.2) is 0 Å². The van der Waals surface area contributed by atoms with Crippen molar-refractivity contribution in [3.05, 3.63) is 28.8 Å². The second-order valence-electron chi connectivity index (χ2n) is 6.53. The Morgan fingerprint density at radius 3 is 3.04 bits per heavy atom. The minimum Gasteiger partial charge on any atom is -0.384 e. The number of aromatic nitrogens is 3. The van der Waals surface area contributed by atoms with Crippen molar-refractivity contribution in [1.82, 2.24) is 19.2 Å². The number of nitrogens with zero attached hydrogens (tertiary/aromatic N) is 4. The van der Waals surface area contributed by atoms with E-state index in [1.54, 1.807) is 19.4 Å². The lowest BCUT2D eigenvalue weighted by Crippen LogP contribution is -2.40. The number of carbonyl (C=O) groups is 1. The number of aryl methyl sites for hydroxylation is 1. The van der Waals surface area contributed by atoms with Crippen molar-refractivity contribution in [1.29, 1.82) is 0 Å². The monoisotopic (exact) mass is 397 g/mol. The van der Waals surface area contributed by atoms with Gasteiger partial charge in [0.1, 0.15) is 11.5 Å². The number of hydrogen-bond acceptors (Lipinski definition) is 6. The molecular weight excluding hydrogens is 374 g/mol. The first-order valence-corrected chi connectivity index (χ1v) is 9.90. The Balaban J connectivity index is 1.63. The van der Waals surface area contributed by atoms with Crippen molar-refractivity contribution in [2.45, 2.75) is 32.9 Å². The van der Waals surface area contributed by atoms with E-state index in [0.29, 0.717) is 36.2 Å². The Morgan fingerprint density at radius 1 is 1.50 bits per heavy atom. The number of anilines is 1. The Bertz CT molecular complexity index is 762. The molecule has 9 heteroatoms. The summed E-state index contributed by atoms with van der Waals surface area (Å²) in [6.45, 7) is 7.03. The molecule has 0 aliphatic carbocycles. The molecule has 1 aliphatic heterocycles. The second kappa shape index (κ2) is 8.37. The predicted molar refractivity (Wildman–Crippen MR) is 103 cm³/mol. The highest BCUT2D eigenvalue weighted by atomic mass is 35.5. The zero-order valence-electron chi connectivity index (χ0n) is 15.2. The number of ether oxygens (including phenoxy) is 1. The van der Waals surface area contributed by atoms with Crippen molar-refractivity contribution >= 4 is 34.2 Å². The van der Waals surface area contributed by atoms with Crippen LogP contribution in [0.5, 0.6) is 0 Å². The highest BCUT2D eigenvalue weighted by Crippen LogP contribution is 2.26. The maximum absolute atomic E-state index is 12.7. The van der Waals surface area contributed by atoms with Gasteiger partial charge in [0.25, 0.3) is 5.91 Å². The highest BCUT2D eigenvalue weighted by Gasteiger charge is 2.33. The average molecular weight is 398 g/mol. The molecule has 3 heterocycles. The van der Waals surface area contributed by atoms with Crippen molar-refractivity contribution < 1.29 is 9.53 Å². The zero-order chi connectivity index (χ0) is 18.7. The molecule has 1 aliphatic rings. The van der Waals surface area contributed by atoms with E-state index in [1.165, 1.54) is 11.5 Å². The molecular formula is C17H24ClN5O2S. The van der Waals surface area contributed by atoms with Gasteiger partial charge in [-0.2, -0.15) is 4.37 Å². The third-order valence-electron chi connectivity index (χ3n) is 4.62. The van der Waals surface area contributed by atoms with Crippen LogP contribution in [0.25, 0.3) is 0 Å². The van der Waals surface area contributed by atoms with Crippen molar-refractivity contribution in [3.63, 3.8) is 0 Å². The first kappa shape index (κ1) is 19.1. The molecule has 2 unspecified atom stereocenters. The lowest BCUT2D eigenvalue weighted by molar-refractivity contribution is 0.0924. The minimum atomic E-state index is -0.0875. The number of nitrogens with one attached hydrogen (secondary N) is 1. The molecule has 1 saturated heterocycles. The van der Waals surface area contributed by atoms with E-state index >= 15 is 0 Å². The third-order valence-corrected chi connectivity index (χ3v) is 5.64. The van der Waals surface area contributed by atoms with Crippen molar-refractivity contribution in [3.8, 4) is 0 Å². The summed E-state index contributed by atoms with van der Waals surface area (Å²) in [5.74, 6) is 1.05. The van der Waals surface area contributed by atoms with Gasteiger partial charge in [-0.1, -0.05) is 18.5 Å². The molecule has 0 spiro atoms. The quantitative estimate of drug-likeness (QED) is 0.776. The van der Waals surface area contributed by atoms with Gasteiger partial charge in [-0.3, -0.25) is 4.79 Å². The maximum Gasteiger partial charge on any atom is 0.268 e. The van der Waals surface area contributed by atoms with Crippen molar-refractivity contribution in [2.75, 3.05) is 31.7 Å². The van der Waals surface area contributed by atoms with Crippen LogP contribution < -0.4 is 10.2 Å². The summed E-state index contributed by atoms with van der Waals surface area (Å²) in [6.07, 6.45) is 2.49. The van der Waals surface area contributed by atoms with Gasteiger partial charge < -0.3 is 19.5 Å². The third kappa shape index (κ3) is 4.19. The first-order valence-electron chi connectivity index (χ1n) is 8.74. The van der Waals surface area contributed by atoms with E-state index in [9.17, 15) is 4.79 Å². The number of amides is 1. The Labute approximate surface area is 162 Å². The Kier molecular flexibility index (Phi) is 6.16. The number of hydrogen-bond donors (Lipinski definition) is 1. The van der Waals surface area contributed by atoms with E-state index in [4.69, 9.17) is 16.3 Å². The van der Waals surface area contributed by atoms with E-state index in [2.05, 4.69) is 26.5 Å². The molecule has 0 bridgehead atoms. The van der Waals surface area contributed by atoms with Crippen LogP contribution in [0.15, 0.2) is 12.3 Å². The fraction of sp³-hybridized carbons (Fsp3) is 0.588. The van der Waals surface area contributed by atoms with Gasteiger partial charge in [-0.15, -0.1) is 0 Å². The van der Waals surface area contributed by atoms with Crippen LogP contribution in [0.4, 0.5) is 5.13 Å². The van der Waals surface area contributed by atoms with Crippen molar-refractivity contribution in [2.24, 2.45) is 5.92 Å². The van der Waals surface area contributed by atoms with Crippen LogP contribution >= 0.6 is 23.1 Å². The van der Waals surface area contributed by atoms with E-state index in [0.717, 1.165) is 24.0 Å². The standard InChI is InChI=1S/C17H24ClN5O2S/c1-4-22-9-12(18)7-14(22)16(24)19-13-10-23(8-11(13)2)17-20-15(21-26-17)5-6-25-3/h7,9,11,13H,4-6,8,10H2,1-3H3,(H,19,24). The number of rotatable bonds is 7. The summed E-state index contributed by atoms with van der Waals surface area (Å²) in [5, 5.41) is 4.63. The number of carbonyl (C=O) groups excluding carboxylic acids is 1. The van der Waals surface area contributed by atoms with Crippen LogP contribution in [-0.2, 0) is 17.7 Å². The topological polar surface area (TPSA) is 72.3 Å². The van der Waals surface area contributed by atoms with Gasteiger partial charge in [-0.05, 0) is 18.9 Å². The molecule has 7 nitrogen and oxygen atoms in total. The van der Waals surface area contributed by atoms with E-state index < -0.39 is 0 Å². The van der Waals surface area contributed by atoms with Gasteiger partial charge in [-0.25, -0.2) is 4.98 Å². The average Bonchev–Trinajstić information content (AvgIpc) is 3.32. The molecule has 1 N–H and O–H groups in total. The predicted octanol–water partition coefficient (Wildman–Crippen LogP) is 2.46. The van der Waals surface area contributed by atoms with Crippen LogP contribution in [0.1, 0.15) is 30.2 Å². The second-order valence-corrected chi connectivity index (χ2v) is 7.69. The van der Waals surface area contributed by atoms with E-state index in [-0.39, 0.29) is 11.9 Å². The lowest BCUT2D eigenvalue weighted by Gasteiger charge is -2.17. The summed E-state index contributed by atoms with van der Waals surface area (Å²) in [5.41, 5.74) is 0.598.